The van der Waals surface area contributed by atoms with E-state index in [1.165, 1.54) is 22.9 Å². The zero-order valence-corrected chi connectivity index (χ0v) is 15.1. The average molecular weight is 404 g/mol. The van der Waals surface area contributed by atoms with Crippen molar-refractivity contribution in [2.75, 3.05) is 17.2 Å². The van der Waals surface area contributed by atoms with Gasteiger partial charge >= 0.3 is 0 Å². The summed E-state index contributed by atoms with van der Waals surface area (Å²) in [5.41, 5.74) is -0.878. The molecular weight excluding hydrogens is 389 g/mol. The number of nitrogens with one attached hydrogen (secondary N) is 2. The SMILES string of the molecule is Cn1ccc(NC(=O)c2cc(NC(=O)COc3ccc(F)cc3)c(F)cc2F)n1. The number of carbonyl (C=O) groups excluding carboxylic acids is 2. The minimum atomic E-state index is -1.10. The van der Waals surface area contributed by atoms with E-state index in [1.54, 1.807) is 13.2 Å². The number of anilines is 2. The third kappa shape index (κ3) is 5.12. The van der Waals surface area contributed by atoms with E-state index in [1.807, 2.05) is 0 Å². The smallest absolute Gasteiger partial charge is 0.262 e. The van der Waals surface area contributed by atoms with Gasteiger partial charge in [0.25, 0.3) is 11.8 Å². The number of ether oxygens (including phenoxy) is 1. The summed E-state index contributed by atoms with van der Waals surface area (Å²) >= 11 is 0. The van der Waals surface area contributed by atoms with E-state index in [4.69, 9.17) is 4.74 Å². The van der Waals surface area contributed by atoms with E-state index in [9.17, 15) is 22.8 Å². The van der Waals surface area contributed by atoms with Crippen molar-refractivity contribution in [3.8, 4) is 5.75 Å². The molecule has 0 aliphatic carbocycles. The second kappa shape index (κ2) is 8.46. The standard InChI is InChI=1S/C19H15F3N4O3/c1-26-7-6-17(25-26)24-19(28)13-8-16(15(22)9-14(13)21)23-18(27)10-29-12-4-2-11(20)3-5-12/h2-9H,10H2,1H3,(H,23,27)(H,24,25,28). The zero-order chi connectivity index (χ0) is 21.0. The number of halogens is 3. The normalized spacial score (nSPS) is 10.5. The minimum absolute atomic E-state index is 0.180. The molecule has 0 radical (unpaired) electrons. The number of carbonyl (C=O) groups is 2. The van der Waals surface area contributed by atoms with Crippen molar-refractivity contribution in [3.05, 3.63) is 71.7 Å². The van der Waals surface area contributed by atoms with Crippen LogP contribution in [0.25, 0.3) is 0 Å². The largest absolute Gasteiger partial charge is 0.484 e. The molecule has 0 fully saturated rings. The number of aromatic nitrogens is 2. The van der Waals surface area contributed by atoms with Crippen molar-refractivity contribution in [3.63, 3.8) is 0 Å². The first-order chi connectivity index (χ1) is 13.8. The molecule has 3 aromatic rings. The number of benzene rings is 2. The van der Waals surface area contributed by atoms with Crippen molar-refractivity contribution in [2.24, 2.45) is 7.05 Å². The van der Waals surface area contributed by atoms with E-state index in [2.05, 4.69) is 15.7 Å². The molecule has 0 atom stereocenters. The second-order valence-corrected chi connectivity index (χ2v) is 5.93. The summed E-state index contributed by atoms with van der Waals surface area (Å²) in [4.78, 5) is 24.2. The Kier molecular flexibility index (Phi) is 5.82. The summed E-state index contributed by atoms with van der Waals surface area (Å²) in [5.74, 6) is -3.83. The Bertz CT molecular complexity index is 1050. The molecule has 29 heavy (non-hydrogen) atoms. The highest BCUT2D eigenvalue weighted by Crippen LogP contribution is 2.21. The summed E-state index contributed by atoms with van der Waals surface area (Å²) in [7, 11) is 1.63. The van der Waals surface area contributed by atoms with Gasteiger partial charge in [-0.05, 0) is 30.3 Å². The molecule has 0 aliphatic rings. The molecule has 7 nitrogen and oxygen atoms in total. The van der Waals surface area contributed by atoms with Crippen LogP contribution >= 0.6 is 0 Å². The van der Waals surface area contributed by atoms with Crippen LogP contribution in [-0.4, -0.2) is 28.2 Å². The molecule has 2 N–H and O–H groups in total. The quantitative estimate of drug-likeness (QED) is 0.661. The van der Waals surface area contributed by atoms with Gasteiger partial charge in [-0.15, -0.1) is 0 Å². The van der Waals surface area contributed by atoms with Crippen LogP contribution in [0.15, 0.2) is 48.7 Å². The van der Waals surface area contributed by atoms with E-state index in [0.29, 0.717) is 6.07 Å². The van der Waals surface area contributed by atoms with Gasteiger partial charge in [0.1, 0.15) is 23.2 Å². The number of hydrogen-bond acceptors (Lipinski definition) is 4. The highest BCUT2D eigenvalue weighted by Gasteiger charge is 2.18. The van der Waals surface area contributed by atoms with Gasteiger partial charge in [-0.3, -0.25) is 14.3 Å². The lowest BCUT2D eigenvalue weighted by Gasteiger charge is -2.11. The summed E-state index contributed by atoms with van der Waals surface area (Å²) < 4.78 is 47.5. The number of aryl methyl sites for hydroxylation is 1. The van der Waals surface area contributed by atoms with Gasteiger partial charge in [-0.25, -0.2) is 13.2 Å². The maximum absolute atomic E-state index is 14.0. The molecule has 1 heterocycles. The van der Waals surface area contributed by atoms with Crippen molar-refractivity contribution in [1.29, 1.82) is 0 Å². The fraction of sp³-hybridized carbons (Fsp3) is 0.105. The fourth-order valence-corrected chi connectivity index (χ4v) is 2.35. The van der Waals surface area contributed by atoms with Crippen LogP contribution in [0, 0.1) is 17.5 Å². The first kappa shape index (κ1) is 19.9. The van der Waals surface area contributed by atoms with Gasteiger partial charge in [0.05, 0.1) is 11.3 Å². The number of amides is 2. The zero-order valence-electron chi connectivity index (χ0n) is 15.1. The molecule has 0 saturated heterocycles. The third-order valence-corrected chi connectivity index (χ3v) is 3.71. The molecule has 2 amide bonds. The number of hydrogen-bond donors (Lipinski definition) is 2. The van der Waals surface area contributed by atoms with Crippen molar-refractivity contribution < 1.29 is 27.5 Å². The van der Waals surface area contributed by atoms with Crippen LogP contribution in [0.4, 0.5) is 24.7 Å². The highest BCUT2D eigenvalue weighted by molar-refractivity contribution is 6.05. The van der Waals surface area contributed by atoms with Crippen molar-refractivity contribution >= 4 is 23.3 Å². The molecule has 0 unspecified atom stereocenters. The number of rotatable bonds is 6. The van der Waals surface area contributed by atoms with Crippen molar-refractivity contribution in [2.45, 2.75) is 0 Å². The predicted octanol–water partition coefficient (Wildman–Crippen LogP) is 3.11. The monoisotopic (exact) mass is 404 g/mol. The first-order valence-electron chi connectivity index (χ1n) is 8.30. The molecule has 0 aliphatic heterocycles. The van der Waals surface area contributed by atoms with Gasteiger partial charge in [-0.1, -0.05) is 0 Å². The molecule has 0 spiro atoms. The van der Waals surface area contributed by atoms with Gasteiger partial charge in [0.2, 0.25) is 0 Å². The molecule has 10 heteroatoms. The average Bonchev–Trinajstić information content (AvgIpc) is 3.08. The lowest BCUT2D eigenvalue weighted by Crippen LogP contribution is -2.22. The van der Waals surface area contributed by atoms with Crippen LogP contribution in [0.5, 0.6) is 5.75 Å². The van der Waals surface area contributed by atoms with Crippen molar-refractivity contribution in [1.82, 2.24) is 9.78 Å². The first-order valence-corrected chi connectivity index (χ1v) is 8.30. The van der Waals surface area contributed by atoms with Crippen LogP contribution in [0.2, 0.25) is 0 Å². The second-order valence-electron chi connectivity index (χ2n) is 5.93. The van der Waals surface area contributed by atoms with Crippen LogP contribution in [0.1, 0.15) is 10.4 Å². The maximum Gasteiger partial charge on any atom is 0.262 e. The minimum Gasteiger partial charge on any atom is -0.484 e. The Morgan fingerprint density at radius 2 is 1.76 bits per heavy atom. The maximum atomic E-state index is 14.0. The van der Waals surface area contributed by atoms with E-state index in [-0.39, 0.29) is 11.6 Å². The molecule has 1 aromatic heterocycles. The molecule has 150 valence electrons. The van der Waals surface area contributed by atoms with Gasteiger partial charge in [0.15, 0.2) is 12.4 Å². The fourth-order valence-electron chi connectivity index (χ4n) is 2.35. The Morgan fingerprint density at radius 1 is 1.03 bits per heavy atom. The highest BCUT2D eigenvalue weighted by atomic mass is 19.1. The molecule has 0 saturated carbocycles. The molecular formula is C19H15F3N4O3. The molecule has 2 aromatic carbocycles. The van der Waals surface area contributed by atoms with Gasteiger partial charge in [0, 0.05) is 25.4 Å². The van der Waals surface area contributed by atoms with Crippen LogP contribution in [0.3, 0.4) is 0 Å². The summed E-state index contributed by atoms with van der Waals surface area (Å²) in [6.45, 7) is -0.502. The number of nitrogens with zero attached hydrogens (tertiary/aromatic N) is 2. The Balaban J connectivity index is 1.68. The Hall–Kier alpha value is -3.82. The van der Waals surface area contributed by atoms with E-state index >= 15 is 0 Å². The van der Waals surface area contributed by atoms with Crippen LogP contribution < -0.4 is 15.4 Å². The van der Waals surface area contributed by atoms with E-state index in [0.717, 1.165) is 18.2 Å². The lowest BCUT2D eigenvalue weighted by atomic mass is 10.1. The van der Waals surface area contributed by atoms with E-state index < -0.39 is 47.1 Å². The Labute approximate surface area is 163 Å². The van der Waals surface area contributed by atoms with Gasteiger partial charge in [-0.2, -0.15) is 5.10 Å². The molecule has 0 bridgehead atoms. The summed E-state index contributed by atoms with van der Waals surface area (Å²) in [6.07, 6.45) is 1.57. The summed E-state index contributed by atoms with van der Waals surface area (Å²) in [6, 6.07) is 7.80. The molecule has 3 rings (SSSR count). The van der Waals surface area contributed by atoms with Gasteiger partial charge < -0.3 is 15.4 Å². The third-order valence-electron chi connectivity index (χ3n) is 3.71. The lowest BCUT2D eigenvalue weighted by molar-refractivity contribution is -0.118. The van der Waals surface area contributed by atoms with Crippen LogP contribution in [-0.2, 0) is 11.8 Å². The summed E-state index contributed by atoms with van der Waals surface area (Å²) in [5, 5.41) is 8.50. The predicted molar refractivity (Wildman–Crippen MR) is 98.0 cm³/mol. The topological polar surface area (TPSA) is 85.2 Å². The Morgan fingerprint density at radius 3 is 2.41 bits per heavy atom.